The molecule has 4 heteroatoms. The van der Waals surface area contributed by atoms with E-state index < -0.39 is 0 Å². The summed E-state index contributed by atoms with van der Waals surface area (Å²) in [4.78, 5) is 11.4. The lowest BCUT2D eigenvalue weighted by molar-refractivity contribution is -0.120. The van der Waals surface area contributed by atoms with E-state index in [-0.39, 0.29) is 19.1 Å². The van der Waals surface area contributed by atoms with Crippen molar-refractivity contribution in [2.45, 2.75) is 13.3 Å². The lowest BCUT2D eigenvalue weighted by Gasteiger charge is -2.04. The summed E-state index contributed by atoms with van der Waals surface area (Å²) >= 11 is 0. The van der Waals surface area contributed by atoms with Gasteiger partial charge < -0.3 is 15.2 Å². The van der Waals surface area contributed by atoms with Gasteiger partial charge in [-0.1, -0.05) is 11.8 Å². The van der Waals surface area contributed by atoms with Gasteiger partial charge in [0.15, 0.2) is 0 Å². The number of hydrogen-bond acceptors (Lipinski definition) is 3. The molecule has 0 aromatic heterocycles. The largest absolute Gasteiger partial charge is 0.395 e. The van der Waals surface area contributed by atoms with Gasteiger partial charge in [0.25, 0.3) is 0 Å². The second-order valence-electron chi connectivity index (χ2n) is 3.54. The fourth-order valence-corrected chi connectivity index (χ4v) is 1.25. The maximum atomic E-state index is 11.4. The minimum Gasteiger partial charge on any atom is -0.395 e. The number of hydrogen-bond donors (Lipinski definition) is 2. The maximum absolute atomic E-state index is 11.4. The average molecular weight is 247 g/mol. The Morgan fingerprint density at radius 2 is 2.11 bits per heavy atom. The third kappa shape index (κ3) is 5.48. The second-order valence-corrected chi connectivity index (χ2v) is 3.54. The number of carbonyl (C=O) groups is 1. The van der Waals surface area contributed by atoms with Crippen molar-refractivity contribution in [2.75, 3.05) is 25.1 Å². The highest BCUT2D eigenvalue weighted by Gasteiger charge is 2.01. The average Bonchev–Trinajstić information content (AvgIpc) is 2.39. The maximum Gasteiger partial charge on any atom is 0.250 e. The Bertz CT molecular complexity index is 429. The van der Waals surface area contributed by atoms with Crippen LogP contribution in [-0.2, 0) is 9.53 Å². The van der Waals surface area contributed by atoms with E-state index in [4.69, 9.17) is 9.84 Å². The van der Waals surface area contributed by atoms with E-state index in [9.17, 15) is 4.79 Å². The summed E-state index contributed by atoms with van der Waals surface area (Å²) in [6.07, 6.45) is 0.465. The summed E-state index contributed by atoms with van der Waals surface area (Å²) in [6.45, 7) is 2.49. The Morgan fingerprint density at radius 3 is 2.72 bits per heavy atom. The molecule has 1 amide bonds. The van der Waals surface area contributed by atoms with Gasteiger partial charge in [-0.3, -0.25) is 4.79 Å². The molecule has 4 nitrogen and oxygen atoms in total. The topological polar surface area (TPSA) is 58.6 Å². The fraction of sp³-hybridized carbons (Fsp3) is 0.357. The number of aliphatic hydroxyl groups excluding tert-OH is 1. The molecule has 0 heterocycles. The van der Waals surface area contributed by atoms with Crippen LogP contribution in [0.5, 0.6) is 0 Å². The predicted octanol–water partition coefficient (Wildman–Crippen LogP) is 1.40. The minimum atomic E-state index is -0.170. The van der Waals surface area contributed by atoms with Crippen LogP contribution in [0.15, 0.2) is 24.3 Å². The third-order valence-electron chi connectivity index (χ3n) is 2.08. The molecule has 0 radical (unpaired) electrons. The van der Waals surface area contributed by atoms with E-state index in [1.54, 1.807) is 12.1 Å². The standard InChI is InChI=1S/C14H17NO3/c1-2-18-11-14(17)15-13-8-6-12(7-9-13)5-3-4-10-16/h6-9,16H,2,4,10-11H2,1H3,(H,15,17). The molecule has 18 heavy (non-hydrogen) atoms. The summed E-state index contributed by atoms with van der Waals surface area (Å²) < 4.78 is 5.00. The summed E-state index contributed by atoms with van der Waals surface area (Å²) in [6, 6.07) is 7.21. The third-order valence-corrected chi connectivity index (χ3v) is 2.08. The van der Waals surface area contributed by atoms with E-state index in [0.29, 0.717) is 18.7 Å². The van der Waals surface area contributed by atoms with Gasteiger partial charge in [-0.2, -0.15) is 0 Å². The van der Waals surface area contributed by atoms with Crippen molar-refractivity contribution in [3.8, 4) is 11.8 Å². The van der Waals surface area contributed by atoms with Crippen LogP contribution >= 0.6 is 0 Å². The molecule has 1 aromatic rings. The number of benzene rings is 1. The number of nitrogens with one attached hydrogen (secondary N) is 1. The minimum absolute atomic E-state index is 0.0640. The van der Waals surface area contributed by atoms with Gasteiger partial charge in [0, 0.05) is 24.3 Å². The molecule has 0 spiro atoms. The van der Waals surface area contributed by atoms with Crippen LogP contribution in [0, 0.1) is 11.8 Å². The normalized spacial score (nSPS) is 9.44. The summed E-state index contributed by atoms with van der Waals surface area (Å²) in [5.74, 6) is 5.57. The van der Waals surface area contributed by atoms with Gasteiger partial charge >= 0.3 is 0 Å². The smallest absolute Gasteiger partial charge is 0.250 e. The zero-order chi connectivity index (χ0) is 13.2. The number of anilines is 1. The van der Waals surface area contributed by atoms with Gasteiger partial charge in [-0.15, -0.1) is 0 Å². The zero-order valence-corrected chi connectivity index (χ0v) is 10.4. The monoisotopic (exact) mass is 247 g/mol. The lowest BCUT2D eigenvalue weighted by Crippen LogP contribution is -2.18. The Morgan fingerprint density at radius 1 is 1.39 bits per heavy atom. The molecule has 0 saturated heterocycles. The summed E-state index contributed by atoms with van der Waals surface area (Å²) in [5.41, 5.74) is 1.57. The van der Waals surface area contributed by atoms with Gasteiger partial charge in [0.2, 0.25) is 5.91 Å². The van der Waals surface area contributed by atoms with E-state index in [1.807, 2.05) is 19.1 Å². The molecule has 1 aromatic carbocycles. The highest BCUT2D eigenvalue weighted by Crippen LogP contribution is 2.08. The predicted molar refractivity (Wildman–Crippen MR) is 70.1 cm³/mol. The molecule has 0 unspecified atom stereocenters. The van der Waals surface area contributed by atoms with Crippen LogP contribution in [0.4, 0.5) is 5.69 Å². The van der Waals surface area contributed by atoms with Crippen molar-refractivity contribution in [1.82, 2.24) is 0 Å². The first kappa shape index (κ1) is 14.2. The first-order valence-corrected chi connectivity index (χ1v) is 5.83. The van der Waals surface area contributed by atoms with Crippen LogP contribution in [0.2, 0.25) is 0 Å². The van der Waals surface area contributed by atoms with Crippen molar-refractivity contribution >= 4 is 11.6 Å². The zero-order valence-electron chi connectivity index (χ0n) is 10.4. The molecule has 2 N–H and O–H groups in total. The molecule has 0 aliphatic carbocycles. The molecule has 96 valence electrons. The molecular weight excluding hydrogens is 230 g/mol. The molecule has 0 aliphatic heterocycles. The van der Waals surface area contributed by atoms with Gasteiger partial charge in [-0.05, 0) is 31.2 Å². The van der Waals surface area contributed by atoms with E-state index >= 15 is 0 Å². The van der Waals surface area contributed by atoms with E-state index in [1.165, 1.54) is 0 Å². The SMILES string of the molecule is CCOCC(=O)Nc1ccc(C#CCCO)cc1. The molecule has 0 bridgehead atoms. The lowest BCUT2D eigenvalue weighted by atomic mass is 10.2. The first-order valence-electron chi connectivity index (χ1n) is 5.83. The number of rotatable bonds is 5. The quantitative estimate of drug-likeness (QED) is 0.773. The Labute approximate surface area is 107 Å². The number of aliphatic hydroxyl groups is 1. The Kier molecular flexibility index (Phi) is 6.55. The van der Waals surface area contributed by atoms with E-state index in [0.717, 1.165) is 5.56 Å². The highest BCUT2D eigenvalue weighted by atomic mass is 16.5. The van der Waals surface area contributed by atoms with Crippen LogP contribution in [0.1, 0.15) is 18.9 Å². The number of amides is 1. The van der Waals surface area contributed by atoms with Gasteiger partial charge in [0.1, 0.15) is 6.61 Å². The molecule has 0 saturated carbocycles. The molecule has 1 rings (SSSR count). The van der Waals surface area contributed by atoms with Crippen molar-refractivity contribution in [1.29, 1.82) is 0 Å². The first-order chi connectivity index (χ1) is 8.76. The summed E-state index contributed by atoms with van der Waals surface area (Å²) in [5, 5.41) is 11.3. The van der Waals surface area contributed by atoms with Crippen LogP contribution in [0.3, 0.4) is 0 Å². The second kappa shape index (κ2) is 8.29. The Hall–Kier alpha value is -1.83. The number of carbonyl (C=O) groups excluding carboxylic acids is 1. The Balaban J connectivity index is 2.50. The van der Waals surface area contributed by atoms with Gasteiger partial charge in [0.05, 0.1) is 6.61 Å². The molecule has 0 atom stereocenters. The van der Waals surface area contributed by atoms with E-state index in [2.05, 4.69) is 17.2 Å². The van der Waals surface area contributed by atoms with Crippen LogP contribution in [0.25, 0.3) is 0 Å². The van der Waals surface area contributed by atoms with Crippen molar-refractivity contribution in [3.63, 3.8) is 0 Å². The van der Waals surface area contributed by atoms with Crippen molar-refractivity contribution in [3.05, 3.63) is 29.8 Å². The van der Waals surface area contributed by atoms with Crippen molar-refractivity contribution in [2.24, 2.45) is 0 Å². The molecular formula is C14H17NO3. The van der Waals surface area contributed by atoms with Gasteiger partial charge in [-0.25, -0.2) is 0 Å². The van der Waals surface area contributed by atoms with Crippen molar-refractivity contribution < 1.29 is 14.6 Å². The fourth-order valence-electron chi connectivity index (χ4n) is 1.25. The molecule has 0 aliphatic rings. The highest BCUT2D eigenvalue weighted by molar-refractivity contribution is 5.91. The van der Waals surface area contributed by atoms with Crippen LogP contribution in [-0.4, -0.2) is 30.8 Å². The summed E-state index contributed by atoms with van der Waals surface area (Å²) in [7, 11) is 0. The van der Waals surface area contributed by atoms with Crippen LogP contribution < -0.4 is 5.32 Å². The molecule has 0 fully saturated rings. The number of ether oxygens (including phenoxy) is 1.